The van der Waals surface area contributed by atoms with Crippen molar-refractivity contribution in [1.82, 2.24) is 0 Å². The van der Waals surface area contributed by atoms with Gasteiger partial charge in [0.25, 0.3) is 0 Å². The fourth-order valence-electron chi connectivity index (χ4n) is 4.39. The number of benzene rings is 3. The van der Waals surface area contributed by atoms with E-state index in [-0.39, 0.29) is 17.9 Å². The summed E-state index contributed by atoms with van der Waals surface area (Å²) in [5, 5.41) is 3.62. The average Bonchev–Trinajstić information content (AvgIpc) is 2.78. The molecule has 0 radical (unpaired) electrons. The maximum atomic E-state index is 13.1. The van der Waals surface area contributed by atoms with E-state index in [1.54, 1.807) is 7.11 Å². The van der Waals surface area contributed by atoms with Crippen molar-refractivity contribution in [3.8, 4) is 5.75 Å². The van der Waals surface area contributed by atoms with E-state index in [9.17, 15) is 4.79 Å². The summed E-state index contributed by atoms with van der Waals surface area (Å²) in [4.78, 5) is 13.1. The monoisotopic (exact) mass is 387 g/mol. The topological polar surface area (TPSA) is 47.6 Å². The van der Waals surface area contributed by atoms with Crippen LogP contribution in [0.5, 0.6) is 5.75 Å². The summed E-state index contributed by atoms with van der Waals surface area (Å²) in [6.07, 6.45) is 0. The number of carbonyl (C=O) groups excluding carboxylic acids is 1. The Morgan fingerprint density at radius 3 is 2.24 bits per heavy atom. The molecule has 0 spiro atoms. The van der Waals surface area contributed by atoms with Gasteiger partial charge in [0.2, 0.25) is 0 Å². The van der Waals surface area contributed by atoms with Gasteiger partial charge in [-0.2, -0.15) is 0 Å². The number of aryl methyl sites for hydroxylation is 1. The number of fused-ring (bicyclic) bond motifs is 1. The average molecular weight is 387 g/mol. The number of methoxy groups -OCH3 is 2. The molecule has 148 valence electrons. The van der Waals surface area contributed by atoms with Gasteiger partial charge in [-0.05, 0) is 47.4 Å². The highest BCUT2D eigenvalue weighted by Crippen LogP contribution is 2.49. The van der Waals surface area contributed by atoms with Crippen LogP contribution in [0.25, 0.3) is 0 Å². The van der Waals surface area contributed by atoms with Crippen molar-refractivity contribution in [3.05, 3.63) is 95.1 Å². The van der Waals surface area contributed by atoms with Crippen LogP contribution >= 0.6 is 0 Å². The first kappa shape index (κ1) is 19.1. The summed E-state index contributed by atoms with van der Waals surface area (Å²) in [6.45, 7) is 2.09. The molecule has 4 rings (SSSR count). The Hall–Kier alpha value is -3.27. The molecular formula is C25H25NO3. The van der Waals surface area contributed by atoms with Crippen molar-refractivity contribution in [1.29, 1.82) is 0 Å². The largest absolute Gasteiger partial charge is 0.497 e. The highest BCUT2D eigenvalue weighted by molar-refractivity contribution is 5.80. The van der Waals surface area contributed by atoms with Crippen molar-refractivity contribution in [2.24, 2.45) is 5.92 Å². The van der Waals surface area contributed by atoms with E-state index >= 15 is 0 Å². The third kappa shape index (κ3) is 3.46. The van der Waals surface area contributed by atoms with Crippen LogP contribution in [0, 0.1) is 12.8 Å². The third-order valence-corrected chi connectivity index (χ3v) is 5.77. The molecule has 4 nitrogen and oxygen atoms in total. The number of esters is 1. The molecule has 4 heteroatoms. The van der Waals surface area contributed by atoms with Gasteiger partial charge in [-0.1, -0.05) is 54.6 Å². The zero-order valence-corrected chi connectivity index (χ0v) is 16.9. The molecule has 0 fully saturated rings. The lowest BCUT2D eigenvalue weighted by Crippen LogP contribution is -2.38. The predicted molar refractivity (Wildman–Crippen MR) is 114 cm³/mol. The van der Waals surface area contributed by atoms with Crippen molar-refractivity contribution in [3.63, 3.8) is 0 Å². The fraction of sp³-hybridized carbons (Fsp3) is 0.240. The lowest BCUT2D eigenvalue weighted by atomic mass is 9.71. The summed E-state index contributed by atoms with van der Waals surface area (Å²) in [5.41, 5.74) is 5.48. The lowest BCUT2D eigenvalue weighted by molar-refractivity contribution is -0.146. The van der Waals surface area contributed by atoms with Crippen molar-refractivity contribution in [2.75, 3.05) is 19.5 Å². The van der Waals surface area contributed by atoms with Crippen molar-refractivity contribution >= 4 is 11.7 Å². The number of carbonyl (C=O) groups is 1. The van der Waals surface area contributed by atoms with Gasteiger partial charge in [0.05, 0.1) is 26.2 Å². The molecule has 1 aliphatic heterocycles. The summed E-state index contributed by atoms with van der Waals surface area (Å²) in [5.74, 6) is 0.0448. The Morgan fingerprint density at radius 1 is 0.862 bits per heavy atom. The van der Waals surface area contributed by atoms with E-state index in [1.807, 2.05) is 48.5 Å². The van der Waals surface area contributed by atoms with Crippen LogP contribution in [0.1, 0.15) is 34.2 Å². The van der Waals surface area contributed by atoms with E-state index in [0.29, 0.717) is 0 Å². The van der Waals surface area contributed by atoms with Gasteiger partial charge in [0.1, 0.15) is 5.75 Å². The summed E-state index contributed by atoms with van der Waals surface area (Å²) in [6, 6.07) is 24.1. The number of hydrogen-bond donors (Lipinski definition) is 1. The smallest absolute Gasteiger partial charge is 0.312 e. The molecule has 3 atom stereocenters. The second kappa shape index (κ2) is 8.00. The highest BCUT2D eigenvalue weighted by Gasteiger charge is 2.44. The molecule has 3 aromatic carbocycles. The van der Waals surface area contributed by atoms with Crippen LogP contribution in [0.15, 0.2) is 72.8 Å². The van der Waals surface area contributed by atoms with Crippen LogP contribution in [0.3, 0.4) is 0 Å². The Morgan fingerprint density at radius 2 is 1.59 bits per heavy atom. The van der Waals surface area contributed by atoms with Crippen LogP contribution in [-0.2, 0) is 9.53 Å². The van der Waals surface area contributed by atoms with Gasteiger partial charge in [-0.3, -0.25) is 4.79 Å². The number of rotatable bonds is 4. The molecular weight excluding hydrogens is 362 g/mol. The minimum absolute atomic E-state index is 0.129. The zero-order valence-electron chi connectivity index (χ0n) is 16.9. The van der Waals surface area contributed by atoms with Crippen molar-refractivity contribution in [2.45, 2.75) is 18.9 Å². The SMILES string of the molecule is COC(=O)[C@@H]1[C@H](c2ccc(OC)cc2)c2c(C)cccc2N[C@@H]1c1ccccc1. The summed E-state index contributed by atoms with van der Waals surface area (Å²) in [7, 11) is 3.12. The highest BCUT2D eigenvalue weighted by atomic mass is 16.5. The Labute approximate surface area is 171 Å². The van der Waals surface area contributed by atoms with Crippen LogP contribution in [0.4, 0.5) is 5.69 Å². The third-order valence-electron chi connectivity index (χ3n) is 5.77. The molecule has 1 N–H and O–H groups in total. The first-order valence-electron chi connectivity index (χ1n) is 9.76. The number of anilines is 1. The minimum atomic E-state index is -0.399. The molecule has 0 amide bonds. The predicted octanol–water partition coefficient (Wildman–Crippen LogP) is 5.09. The molecule has 3 aromatic rings. The normalized spacial score (nSPS) is 20.3. The first-order chi connectivity index (χ1) is 14.1. The van der Waals surface area contributed by atoms with E-state index < -0.39 is 5.92 Å². The van der Waals surface area contributed by atoms with Gasteiger partial charge >= 0.3 is 5.97 Å². The van der Waals surface area contributed by atoms with E-state index in [2.05, 4.69) is 36.5 Å². The fourth-order valence-corrected chi connectivity index (χ4v) is 4.39. The Balaban J connectivity index is 1.93. The molecule has 0 bridgehead atoms. The Kier molecular flexibility index (Phi) is 5.26. The van der Waals surface area contributed by atoms with Crippen LogP contribution in [-0.4, -0.2) is 20.2 Å². The standard InChI is InChI=1S/C25H25NO3/c1-16-8-7-11-20-21(16)22(17-12-14-19(28-2)15-13-17)23(25(27)29-3)24(26-20)18-9-5-4-6-10-18/h4-15,22-24,26H,1-3H3/t22-,23-,24-/m1/s1. The van der Waals surface area contributed by atoms with Crippen LogP contribution in [0.2, 0.25) is 0 Å². The second-order valence-electron chi connectivity index (χ2n) is 7.37. The van der Waals surface area contributed by atoms with E-state index in [0.717, 1.165) is 33.7 Å². The molecule has 0 saturated heterocycles. The number of ether oxygens (including phenoxy) is 2. The molecule has 1 aliphatic rings. The minimum Gasteiger partial charge on any atom is -0.497 e. The lowest BCUT2D eigenvalue weighted by Gasteiger charge is -2.40. The van der Waals surface area contributed by atoms with Gasteiger partial charge in [-0.25, -0.2) is 0 Å². The second-order valence-corrected chi connectivity index (χ2v) is 7.37. The number of nitrogens with one attached hydrogen (secondary N) is 1. The van der Waals surface area contributed by atoms with Gasteiger partial charge in [0, 0.05) is 11.6 Å². The molecule has 0 unspecified atom stereocenters. The van der Waals surface area contributed by atoms with Crippen LogP contribution < -0.4 is 10.1 Å². The summed E-state index contributed by atoms with van der Waals surface area (Å²) >= 11 is 0. The van der Waals surface area contributed by atoms with Gasteiger partial charge in [0.15, 0.2) is 0 Å². The maximum Gasteiger partial charge on any atom is 0.312 e. The zero-order chi connectivity index (χ0) is 20.4. The number of hydrogen-bond acceptors (Lipinski definition) is 4. The molecule has 1 heterocycles. The molecule has 0 aromatic heterocycles. The quantitative estimate of drug-likeness (QED) is 0.634. The summed E-state index contributed by atoms with van der Waals surface area (Å²) < 4.78 is 10.6. The van der Waals surface area contributed by atoms with Crippen molar-refractivity contribution < 1.29 is 14.3 Å². The maximum absolute atomic E-state index is 13.1. The molecule has 0 aliphatic carbocycles. The molecule has 0 saturated carbocycles. The first-order valence-corrected chi connectivity index (χ1v) is 9.76. The van der Waals surface area contributed by atoms with E-state index in [4.69, 9.17) is 9.47 Å². The Bertz CT molecular complexity index is 998. The van der Waals surface area contributed by atoms with Gasteiger partial charge < -0.3 is 14.8 Å². The van der Waals surface area contributed by atoms with Gasteiger partial charge in [-0.15, -0.1) is 0 Å². The molecule has 29 heavy (non-hydrogen) atoms. The van der Waals surface area contributed by atoms with E-state index in [1.165, 1.54) is 7.11 Å².